The van der Waals surface area contributed by atoms with Crippen molar-refractivity contribution in [1.29, 1.82) is 5.26 Å². The van der Waals surface area contributed by atoms with Gasteiger partial charge in [-0.1, -0.05) is 78.3 Å². The van der Waals surface area contributed by atoms with Crippen molar-refractivity contribution in [3.8, 4) is 17.2 Å². The first-order valence-corrected chi connectivity index (χ1v) is 17.5. The second kappa shape index (κ2) is 14.8. The van der Waals surface area contributed by atoms with Crippen LogP contribution >= 0.6 is 22.9 Å². The van der Waals surface area contributed by atoms with Crippen molar-refractivity contribution >= 4 is 40.4 Å². The molecular formula is C40H33ClN6O2S. The van der Waals surface area contributed by atoms with E-state index in [1.54, 1.807) is 36.8 Å². The first-order chi connectivity index (χ1) is 24.4. The van der Waals surface area contributed by atoms with E-state index < -0.39 is 6.04 Å². The highest BCUT2D eigenvalue weighted by molar-refractivity contribution is 7.18. The lowest BCUT2D eigenvalue weighted by Crippen LogP contribution is -2.48. The fourth-order valence-corrected chi connectivity index (χ4v) is 7.21. The number of amides is 2. The monoisotopic (exact) mass is 696 g/mol. The third-order valence-electron chi connectivity index (χ3n) is 8.95. The van der Waals surface area contributed by atoms with E-state index >= 15 is 0 Å². The van der Waals surface area contributed by atoms with Gasteiger partial charge in [0.05, 0.1) is 45.1 Å². The Morgan fingerprint density at radius 3 is 2.20 bits per heavy atom. The second-order valence-corrected chi connectivity index (χ2v) is 13.8. The summed E-state index contributed by atoms with van der Waals surface area (Å²) in [5.41, 5.74) is 7.09. The van der Waals surface area contributed by atoms with Crippen LogP contribution in [0, 0.1) is 11.3 Å². The highest BCUT2D eigenvalue weighted by Crippen LogP contribution is 2.28. The first-order valence-electron chi connectivity index (χ1n) is 16.3. The Morgan fingerprint density at radius 2 is 1.54 bits per heavy atom. The minimum absolute atomic E-state index is 0.0165. The van der Waals surface area contributed by atoms with E-state index in [4.69, 9.17) is 11.6 Å². The fourth-order valence-electron chi connectivity index (χ4n) is 6.20. The molecule has 3 heterocycles. The van der Waals surface area contributed by atoms with Crippen molar-refractivity contribution < 1.29 is 9.59 Å². The summed E-state index contributed by atoms with van der Waals surface area (Å²) in [6, 6.07) is 38.6. The van der Waals surface area contributed by atoms with Gasteiger partial charge < -0.3 is 19.7 Å². The van der Waals surface area contributed by atoms with Gasteiger partial charge in [-0.2, -0.15) is 5.26 Å². The average Bonchev–Trinajstić information content (AvgIpc) is 3.83. The lowest BCUT2D eigenvalue weighted by Gasteiger charge is -2.36. The van der Waals surface area contributed by atoms with Gasteiger partial charge in [-0.3, -0.25) is 9.59 Å². The number of rotatable bonds is 9. The molecule has 1 unspecified atom stereocenters. The van der Waals surface area contributed by atoms with Crippen LogP contribution in [0.1, 0.15) is 48.5 Å². The van der Waals surface area contributed by atoms with Crippen LogP contribution in [0.4, 0.5) is 5.69 Å². The van der Waals surface area contributed by atoms with Crippen LogP contribution in [0.2, 0.25) is 4.34 Å². The third-order valence-corrected chi connectivity index (χ3v) is 10.2. The van der Waals surface area contributed by atoms with Crippen molar-refractivity contribution in [3.63, 3.8) is 0 Å². The molecule has 0 spiro atoms. The van der Waals surface area contributed by atoms with Crippen molar-refractivity contribution in [2.24, 2.45) is 0 Å². The first kappa shape index (κ1) is 32.8. The summed E-state index contributed by atoms with van der Waals surface area (Å²) < 4.78 is 2.63. The molecule has 1 aliphatic rings. The topological polar surface area (TPSA) is 94.3 Å². The van der Waals surface area contributed by atoms with Gasteiger partial charge in [0.1, 0.15) is 0 Å². The lowest BCUT2D eigenvalue weighted by molar-refractivity contribution is 0.0751. The molecule has 50 heavy (non-hydrogen) atoms. The molecule has 2 aromatic heterocycles. The molecule has 6 aromatic rings. The molecule has 4 aromatic carbocycles. The van der Waals surface area contributed by atoms with E-state index in [0.29, 0.717) is 53.1 Å². The number of hydrogen-bond donors (Lipinski definition) is 1. The third kappa shape index (κ3) is 7.32. The summed E-state index contributed by atoms with van der Waals surface area (Å²) in [7, 11) is 0. The van der Waals surface area contributed by atoms with Gasteiger partial charge in [0.2, 0.25) is 0 Å². The quantitative estimate of drug-likeness (QED) is 0.168. The Balaban J connectivity index is 1.11. The van der Waals surface area contributed by atoms with E-state index in [1.165, 1.54) is 11.3 Å². The zero-order valence-electron chi connectivity index (χ0n) is 27.1. The molecule has 1 aliphatic heterocycles. The number of carbonyl (C=O) groups is 2. The molecule has 0 saturated carbocycles. The molecule has 1 N–H and O–H groups in total. The van der Waals surface area contributed by atoms with Gasteiger partial charge in [0, 0.05) is 44.0 Å². The van der Waals surface area contributed by atoms with E-state index in [-0.39, 0.29) is 11.8 Å². The number of nitriles is 1. The van der Waals surface area contributed by atoms with Gasteiger partial charge in [0.15, 0.2) is 0 Å². The van der Waals surface area contributed by atoms with E-state index in [9.17, 15) is 14.9 Å². The number of imidazole rings is 1. The molecule has 0 radical (unpaired) electrons. The van der Waals surface area contributed by atoms with Crippen LogP contribution in [-0.4, -0.2) is 52.4 Å². The fraction of sp³-hybridized carbons (Fsp3) is 0.150. The van der Waals surface area contributed by atoms with Crippen LogP contribution in [0.3, 0.4) is 0 Å². The zero-order chi connectivity index (χ0) is 34.5. The zero-order valence-corrected chi connectivity index (χ0v) is 28.6. The van der Waals surface area contributed by atoms with Crippen molar-refractivity contribution in [1.82, 2.24) is 19.8 Å². The molecular weight excluding hydrogens is 664 g/mol. The number of thiophene rings is 1. The molecule has 7 rings (SSSR count). The molecule has 1 fully saturated rings. The number of aromatic nitrogens is 2. The average molecular weight is 697 g/mol. The number of nitrogens with one attached hydrogen (secondary N) is 1. The second-order valence-electron chi connectivity index (χ2n) is 12.1. The molecule has 1 atom stereocenters. The van der Waals surface area contributed by atoms with Crippen LogP contribution in [0.5, 0.6) is 0 Å². The van der Waals surface area contributed by atoms with Crippen molar-refractivity contribution in [2.45, 2.75) is 12.6 Å². The number of nitrogens with zero attached hydrogens (tertiary/aromatic N) is 5. The van der Waals surface area contributed by atoms with Crippen LogP contribution < -0.4 is 10.2 Å². The van der Waals surface area contributed by atoms with Crippen molar-refractivity contribution in [2.75, 3.05) is 31.1 Å². The smallest absolute Gasteiger partial charge is 0.264 e. The Labute approximate surface area is 299 Å². The van der Waals surface area contributed by atoms with E-state index in [1.807, 2.05) is 88.3 Å². The number of anilines is 1. The van der Waals surface area contributed by atoms with E-state index in [0.717, 1.165) is 33.6 Å². The summed E-state index contributed by atoms with van der Waals surface area (Å²) in [4.78, 5) is 36.0. The summed E-state index contributed by atoms with van der Waals surface area (Å²) in [6.07, 6.45) is 3.55. The number of hydrogen-bond acceptors (Lipinski definition) is 6. The molecule has 0 bridgehead atoms. The summed E-state index contributed by atoms with van der Waals surface area (Å²) in [5, 5.41) is 12.5. The summed E-state index contributed by atoms with van der Waals surface area (Å²) in [5.74, 6) is -0.180. The predicted molar refractivity (Wildman–Crippen MR) is 198 cm³/mol. The Hall–Kier alpha value is -5.69. The Morgan fingerprint density at radius 1 is 0.840 bits per heavy atom. The largest absolute Gasteiger partial charge is 0.368 e. The minimum atomic E-state index is -0.488. The summed E-state index contributed by atoms with van der Waals surface area (Å²) >= 11 is 7.36. The molecule has 10 heteroatoms. The van der Waals surface area contributed by atoms with Gasteiger partial charge in [0.25, 0.3) is 11.8 Å². The van der Waals surface area contributed by atoms with Gasteiger partial charge >= 0.3 is 0 Å². The van der Waals surface area contributed by atoms with Crippen LogP contribution in [0.25, 0.3) is 11.1 Å². The normalized spacial score (nSPS) is 13.4. The van der Waals surface area contributed by atoms with Crippen LogP contribution in [-0.2, 0) is 6.54 Å². The van der Waals surface area contributed by atoms with E-state index in [2.05, 4.69) is 33.4 Å². The maximum absolute atomic E-state index is 13.8. The van der Waals surface area contributed by atoms with Crippen LogP contribution in [0.15, 0.2) is 128 Å². The van der Waals surface area contributed by atoms with Gasteiger partial charge in [-0.25, -0.2) is 4.98 Å². The standard InChI is InChI=1S/C40H33ClN6O2S/c41-37-19-18-36(50-37)40(49)46-22-20-45(21-23-46)34-16-14-32(15-17-34)38(35-25-43-27-47(35)26-29-8-6-28(24-42)7-9-29)44-39(48)33-12-10-31(11-13-33)30-4-2-1-3-5-30/h1-19,25,27,38H,20-23,26H2,(H,44,48). The highest BCUT2D eigenvalue weighted by Gasteiger charge is 2.25. The molecule has 248 valence electrons. The van der Waals surface area contributed by atoms with Crippen molar-refractivity contribution in [3.05, 3.63) is 165 Å². The molecule has 2 amide bonds. The van der Waals surface area contributed by atoms with Gasteiger partial charge in [-0.05, 0) is 70.8 Å². The lowest BCUT2D eigenvalue weighted by atomic mass is 10.0. The number of piperazine rings is 1. The van der Waals surface area contributed by atoms with Gasteiger partial charge in [-0.15, -0.1) is 11.3 Å². The Bertz CT molecular complexity index is 2130. The number of benzene rings is 4. The predicted octanol–water partition coefficient (Wildman–Crippen LogP) is 7.67. The maximum Gasteiger partial charge on any atom is 0.264 e. The number of carbonyl (C=O) groups excluding carboxylic acids is 2. The summed E-state index contributed by atoms with van der Waals surface area (Å²) in [6.45, 7) is 3.18. The minimum Gasteiger partial charge on any atom is -0.368 e. The molecule has 1 saturated heterocycles. The highest BCUT2D eigenvalue weighted by atomic mass is 35.5. The molecule has 8 nitrogen and oxygen atoms in total. The number of halogens is 1. The Kier molecular flexibility index (Phi) is 9.74. The maximum atomic E-state index is 13.8. The molecule has 0 aliphatic carbocycles. The SMILES string of the molecule is N#Cc1ccc(Cn2cncc2C(NC(=O)c2ccc(-c3ccccc3)cc2)c2ccc(N3CCN(C(=O)c4ccc(Cl)s4)CC3)cc2)cc1.